The summed E-state index contributed by atoms with van der Waals surface area (Å²) >= 11 is 8.15. The highest BCUT2D eigenvalue weighted by atomic mass is 35.5. The second-order valence-corrected chi connectivity index (χ2v) is 19.0. The molecule has 0 aliphatic carbocycles. The van der Waals surface area contributed by atoms with Gasteiger partial charge in [-0.25, -0.2) is 0 Å². The maximum Gasteiger partial charge on any atom is 0.0887 e. The molecule has 0 aliphatic heterocycles. The highest BCUT2D eigenvalue weighted by Gasteiger charge is 2.25. The molecule has 0 amide bonds. The van der Waals surface area contributed by atoms with Crippen LogP contribution in [0.25, 0.3) is 87.6 Å². The Morgan fingerprint density at radius 2 is 0.479 bits per heavy atom. The van der Waals surface area contributed by atoms with E-state index in [9.17, 15) is 0 Å². The molecule has 0 bridgehead atoms. The molecule has 73 heavy (non-hydrogen) atoms. The molecule has 344 valence electrons. The van der Waals surface area contributed by atoms with Crippen LogP contribution in [0.2, 0.25) is 5.02 Å². The zero-order valence-corrected chi connectivity index (χ0v) is 40.7. The lowest BCUT2D eigenvalue weighted by atomic mass is 9.92. The molecule has 0 heterocycles. The van der Waals surface area contributed by atoms with Crippen molar-refractivity contribution in [3.63, 3.8) is 0 Å². The van der Waals surface area contributed by atoms with Crippen LogP contribution in [0.3, 0.4) is 0 Å². The van der Waals surface area contributed by atoms with Gasteiger partial charge in [-0.2, -0.15) is 0 Å². The van der Waals surface area contributed by atoms with Crippen molar-refractivity contribution < 1.29 is 0 Å². The summed E-state index contributed by atoms with van der Waals surface area (Å²) in [5.74, 6) is 0. The molecule has 0 radical (unpaired) electrons. The molecular formula is C70H47ClN2. The van der Waals surface area contributed by atoms with Crippen molar-refractivity contribution in [1.29, 1.82) is 0 Å². The van der Waals surface area contributed by atoms with E-state index >= 15 is 0 Å². The van der Waals surface area contributed by atoms with Crippen LogP contribution in [0.4, 0.5) is 34.1 Å². The fourth-order valence-corrected chi connectivity index (χ4v) is 11.2. The average molecular weight is 952 g/mol. The Morgan fingerprint density at radius 3 is 0.795 bits per heavy atom. The molecule has 0 fully saturated rings. The predicted molar refractivity (Wildman–Crippen MR) is 313 cm³/mol. The van der Waals surface area contributed by atoms with E-state index in [4.69, 9.17) is 11.6 Å². The van der Waals surface area contributed by atoms with Crippen LogP contribution in [0.5, 0.6) is 0 Å². The Kier molecular flexibility index (Phi) is 11.3. The molecule has 13 aromatic rings. The monoisotopic (exact) mass is 950 g/mol. The zero-order chi connectivity index (χ0) is 48.7. The summed E-state index contributed by atoms with van der Waals surface area (Å²) in [5, 5.41) is 10.2. The maximum absolute atomic E-state index is 8.15. The number of fused-ring (bicyclic) bond motifs is 4. The number of para-hydroxylation sites is 2. The quantitative estimate of drug-likeness (QED) is 0.135. The molecular weight excluding hydrogens is 904 g/mol. The zero-order valence-electron chi connectivity index (χ0n) is 39.9. The number of rotatable bonds is 10. The van der Waals surface area contributed by atoms with Crippen molar-refractivity contribution in [2.24, 2.45) is 0 Å². The van der Waals surface area contributed by atoms with Gasteiger partial charge in [-0.05, 0) is 160 Å². The lowest BCUT2D eigenvalue weighted by Gasteiger charge is -2.32. The summed E-state index contributed by atoms with van der Waals surface area (Å²) in [7, 11) is 0. The van der Waals surface area contributed by atoms with Crippen molar-refractivity contribution in [2.45, 2.75) is 0 Å². The third-order valence-electron chi connectivity index (χ3n) is 14.2. The summed E-state index contributed by atoms with van der Waals surface area (Å²) in [6, 6.07) is 103. The summed E-state index contributed by atoms with van der Waals surface area (Å²) < 4.78 is 0. The van der Waals surface area contributed by atoms with E-state index in [2.05, 4.69) is 295 Å². The summed E-state index contributed by atoms with van der Waals surface area (Å²) in [6.45, 7) is 0. The van der Waals surface area contributed by atoms with Gasteiger partial charge in [-0.1, -0.05) is 224 Å². The van der Waals surface area contributed by atoms with Gasteiger partial charge in [0.25, 0.3) is 0 Å². The van der Waals surface area contributed by atoms with Gasteiger partial charge in [0.2, 0.25) is 0 Å². The molecule has 0 saturated carbocycles. The third-order valence-corrected chi connectivity index (χ3v) is 14.6. The first-order valence-corrected chi connectivity index (χ1v) is 25.2. The Labute approximate surface area is 430 Å². The number of anilines is 6. The van der Waals surface area contributed by atoms with Gasteiger partial charge in [-0.3, -0.25) is 0 Å². The standard InChI is InChI=1S/C70H47ClN2/c71-70-68(72(56-28-3-1-4-29-56)58-44-52(64-36-15-24-48-20-7-11-32-60(48)64)42-53(45-58)65-37-16-25-49-21-8-12-33-61(49)65)40-19-41-69(70)73(57-30-5-2-6-31-57)59-46-54(66-38-17-26-50-22-9-13-34-62(50)66)43-55(47-59)67-39-18-27-51-23-10-14-35-63(51)67/h1-47H. The molecule has 13 aromatic carbocycles. The van der Waals surface area contributed by atoms with Gasteiger partial charge < -0.3 is 9.80 Å². The maximum atomic E-state index is 8.15. The molecule has 13 rings (SSSR count). The minimum Gasteiger partial charge on any atom is -0.309 e. The molecule has 0 aromatic heterocycles. The summed E-state index contributed by atoms with van der Waals surface area (Å²) in [5.41, 5.74) is 14.8. The van der Waals surface area contributed by atoms with E-state index < -0.39 is 0 Å². The van der Waals surface area contributed by atoms with Crippen molar-refractivity contribution >= 4 is 88.8 Å². The molecule has 3 heteroatoms. The third kappa shape index (κ3) is 8.14. The van der Waals surface area contributed by atoms with Gasteiger partial charge in [-0.15, -0.1) is 0 Å². The van der Waals surface area contributed by atoms with Crippen LogP contribution in [0, 0.1) is 0 Å². The predicted octanol–water partition coefficient (Wildman–Crippen LogP) is 20.6. The first-order valence-electron chi connectivity index (χ1n) is 24.8. The van der Waals surface area contributed by atoms with Gasteiger partial charge in [0, 0.05) is 22.7 Å². The van der Waals surface area contributed by atoms with Crippen molar-refractivity contribution in [3.8, 4) is 44.5 Å². The molecule has 0 atom stereocenters. The van der Waals surface area contributed by atoms with Crippen LogP contribution < -0.4 is 9.80 Å². The van der Waals surface area contributed by atoms with E-state index in [1.54, 1.807) is 0 Å². The van der Waals surface area contributed by atoms with E-state index in [-0.39, 0.29) is 0 Å². The van der Waals surface area contributed by atoms with Gasteiger partial charge in [0.1, 0.15) is 0 Å². The minimum atomic E-state index is 0.611. The number of halogens is 1. The molecule has 0 spiro atoms. The smallest absolute Gasteiger partial charge is 0.0887 e. The average Bonchev–Trinajstić information content (AvgIpc) is 3.46. The molecule has 0 N–H and O–H groups in total. The normalized spacial score (nSPS) is 11.4. The fraction of sp³-hybridized carbons (Fsp3) is 0. The van der Waals surface area contributed by atoms with Crippen LogP contribution in [-0.4, -0.2) is 0 Å². The van der Waals surface area contributed by atoms with Crippen LogP contribution in [-0.2, 0) is 0 Å². The molecule has 0 unspecified atom stereocenters. The number of nitrogens with zero attached hydrogens (tertiary/aromatic N) is 2. The SMILES string of the molecule is Clc1c(N(c2ccccc2)c2cc(-c3cccc4ccccc34)cc(-c3cccc4ccccc34)c2)cccc1N(c1ccccc1)c1cc(-c2cccc3ccccc23)cc(-c2cccc3ccccc23)c1. The first-order chi connectivity index (χ1) is 36.1. The van der Waals surface area contributed by atoms with Gasteiger partial charge in [0.15, 0.2) is 0 Å². The lowest BCUT2D eigenvalue weighted by Crippen LogP contribution is -2.14. The highest BCUT2D eigenvalue weighted by molar-refractivity contribution is 6.36. The molecule has 0 aliphatic rings. The van der Waals surface area contributed by atoms with Crippen LogP contribution in [0.15, 0.2) is 285 Å². The first kappa shape index (κ1) is 43.8. The second-order valence-electron chi connectivity index (χ2n) is 18.6. The second kappa shape index (κ2) is 18.8. The Bertz CT molecular complexity index is 3700. The van der Waals surface area contributed by atoms with E-state index in [0.29, 0.717) is 5.02 Å². The van der Waals surface area contributed by atoms with Crippen LogP contribution >= 0.6 is 11.6 Å². The molecule has 0 saturated heterocycles. The Morgan fingerprint density at radius 1 is 0.219 bits per heavy atom. The van der Waals surface area contributed by atoms with Crippen molar-refractivity contribution in [3.05, 3.63) is 290 Å². The van der Waals surface area contributed by atoms with Gasteiger partial charge in [0.05, 0.1) is 16.4 Å². The van der Waals surface area contributed by atoms with Crippen molar-refractivity contribution in [1.82, 2.24) is 0 Å². The minimum absolute atomic E-state index is 0.611. The van der Waals surface area contributed by atoms with E-state index in [0.717, 1.165) is 78.6 Å². The summed E-state index contributed by atoms with van der Waals surface area (Å²) in [6.07, 6.45) is 0. The van der Waals surface area contributed by atoms with E-state index in [1.807, 2.05) is 0 Å². The largest absolute Gasteiger partial charge is 0.309 e. The topological polar surface area (TPSA) is 6.48 Å². The number of hydrogen-bond acceptors (Lipinski definition) is 2. The molecule has 2 nitrogen and oxygen atoms in total. The van der Waals surface area contributed by atoms with Crippen molar-refractivity contribution in [2.75, 3.05) is 9.80 Å². The van der Waals surface area contributed by atoms with Gasteiger partial charge >= 0.3 is 0 Å². The highest BCUT2D eigenvalue weighted by Crippen LogP contribution is 2.50. The number of benzene rings is 13. The number of hydrogen-bond donors (Lipinski definition) is 0. The Hall–Kier alpha value is -9.21. The Balaban J connectivity index is 1.06. The summed E-state index contributed by atoms with van der Waals surface area (Å²) in [4.78, 5) is 4.65. The van der Waals surface area contributed by atoms with Crippen LogP contribution in [0.1, 0.15) is 0 Å². The van der Waals surface area contributed by atoms with E-state index in [1.165, 1.54) is 43.1 Å². The fourth-order valence-electron chi connectivity index (χ4n) is 10.9. The lowest BCUT2D eigenvalue weighted by molar-refractivity contribution is 1.25.